The van der Waals surface area contributed by atoms with Gasteiger partial charge in [0, 0.05) is 5.69 Å². The van der Waals surface area contributed by atoms with Crippen LogP contribution in [0.25, 0.3) is 0 Å². The number of carbonyl (C=O) groups is 1. The number of carbonyl (C=O) groups excluding carboxylic acids is 1. The Hall–Kier alpha value is -1.71. The van der Waals surface area contributed by atoms with Crippen LogP contribution in [0, 0.1) is 6.92 Å². The minimum absolute atomic E-state index is 0.506. The zero-order chi connectivity index (χ0) is 8.81. The molecule has 12 heavy (non-hydrogen) atoms. The summed E-state index contributed by atoms with van der Waals surface area (Å²) in [6.45, 7) is 1.89. The van der Waals surface area contributed by atoms with E-state index in [1.807, 2.05) is 25.1 Å². The Kier molecular flexibility index (Phi) is 2.95. The predicted molar refractivity (Wildman–Crippen MR) is 45.8 cm³/mol. The van der Waals surface area contributed by atoms with Crippen molar-refractivity contribution in [2.45, 2.75) is 6.92 Å². The number of rotatable bonds is 3. The molecular weight excluding hydrogens is 154 g/mol. The zero-order valence-electron chi connectivity index (χ0n) is 6.69. The standard InChI is InChI=1S/C8H9N3O/c1-7-3-2-4-8(11-7)5-9-10-6-12/h2-6H,1H3,(H,10,12)/b9-5+. The molecule has 0 radical (unpaired) electrons. The van der Waals surface area contributed by atoms with E-state index in [0.717, 1.165) is 11.4 Å². The minimum atomic E-state index is 0.506. The number of hydrazone groups is 1. The van der Waals surface area contributed by atoms with Crippen LogP contribution in [0.5, 0.6) is 0 Å². The summed E-state index contributed by atoms with van der Waals surface area (Å²) in [4.78, 5) is 14.0. The van der Waals surface area contributed by atoms with Crippen LogP contribution in [-0.2, 0) is 4.79 Å². The predicted octanol–water partition coefficient (Wildman–Crippen LogP) is 0.470. The molecule has 0 aliphatic carbocycles. The van der Waals surface area contributed by atoms with E-state index in [9.17, 15) is 4.79 Å². The molecule has 4 heteroatoms. The van der Waals surface area contributed by atoms with Gasteiger partial charge in [-0.2, -0.15) is 5.10 Å². The van der Waals surface area contributed by atoms with Gasteiger partial charge in [-0.1, -0.05) is 6.07 Å². The Labute approximate surface area is 70.3 Å². The maximum Gasteiger partial charge on any atom is 0.227 e. The van der Waals surface area contributed by atoms with Crippen molar-refractivity contribution in [3.05, 3.63) is 29.6 Å². The fourth-order valence-electron chi connectivity index (χ4n) is 0.770. The Morgan fingerprint density at radius 1 is 1.58 bits per heavy atom. The first-order chi connectivity index (χ1) is 5.83. The van der Waals surface area contributed by atoms with Crippen LogP contribution in [0.1, 0.15) is 11.4 Å². The van der Waals surface area contributed by atoms with Gasteiger partial charge >= 0.3 is 0 Å². The molecule has 1 aromatic heterocycles. The van der Waals surface area contributed by atoms with Crippen LogP contribution in [0.15, 0.2) is 23.3 Å². The molecular formula is C8H9N3O. The quantitative estimate of drug-likeness (QED) is 0.400. The average molecular weight is 163 g/mol. The van der Waals surface area contributed by atoms with Gasteiger partial charge in [0.15, 0.2) is 0 Å². The number of nitrogens with zero attached hydrogens (tertiary/aromatic N) is 2. The lowest BCUT2D eigenvalue weighted by Crippen LogP contribution is -2.01. The highest BCUT2D eigenvalue weighted by Gasteiger charge is 1.88. The lowest BCUT2D eigenvalue weighted by atomic mass is 10.3. The van der Waals surface area contributed by atoms with Crippen LogP contribution >= 0.6 is 0 Å². The van der Waals surface area contributed by atoms with Crippen molar-refractivity contribution < 1.29 is 4.79 Å². The van der Waals surface area contributed by atoms with Gasteiger partial charge < -0.3 is 0 Å². The monoisotopic (exact) mass is 163 g/mol. The first kappa shape index (κ1) is 8.39. The second-order valence-electron chi connectivity index (χ2n) is 2.21. The molecule has 1 N–H and O–H groups in total. The van der Waals surface area contributed by atoms with E-state index in [0.29, 0.717) is 6.41 Å². The Balaban J connectivity index is 2.69. The molecule has 0 saturated heterocycles. The number of amides is 1. The minimum Gasteiger partial charge on any atom is -0.277 e. The van der Waals surface area contributed by atoms with Crippen molar-refractivity contribution >= 4 is 12.6 Å². The summed E-state index contributed by atoms with van der Waals surface area (Å²) in [5.41, 5.74) is 3.81. The van der Waals surface area contributed by atoms with Gasteiger partial charge in [-0.25, -0.2) is 5.43 Å². The van der Waals surface area contributed by atoms with Crippen LogP contribution in [0.4, 0.5) is 0 Å². The fraction of sp³-hybridized carbons (Fsp3) is 0.125. The molecule has 0 spiro atoms. The van der Waals surface area contributed by atoms with Crippen molar-refractivity contribution in [1.82, 2.24) is 10.4 Å². The molecule has 0 fully saturated rings. The highest BCUT2D eigenvalue weighted by Crippen LogP contribution is 1.93. The van der Waals surface area contributed by atoms with Crippen LogP contribution in [-0.4, -0.2) is 17.6 Å². The second kappa shape index (κ2) is 4.23. The average Bonchev–Trinajstić information content (AvgIpc) is 2.05. The first-order valence-corrected chi connectivity index (χ1v) is 3.49. The van der Waals surface area contributed by atoms with E-state index in [-0.39, 0.29) is 0 Å². The van der Waals surface area contributed by atoms with Gasteiger partial charge in [-0.3, -0.25) is 9.78 Å². The maximum atomic E-state index is 9.82. The number of pyridine rings is 1. The van der Waals surface area contributed by atoms with E-state index >= 15 is 0 Å². The van der Waals surface area contributed by atoms with Gasteiger partial charge in [0.2, 0.25) is 6.41 Å². The van der Waals surface area contributed by atoms with Crippen molar-refractivity contribution in [3.8, 4) is 0 Å². The van der Waals surface area contributed by atoms with E-state index in [1.165, 1.54) is 6.21 Å². The summed E-state index contributed by atoms with van der Waals surface area (Å²) < 4.78 is 0. The van der Waals surface area contributed by atoms with Crippen molar-refractivity contribution in [2.75, 3.05) is 0 Å². The normalized spacial score (nSPS) is 10.1. The lowest BCUT2D eigenvalue weighted by Gasteiger charge is -1.92. The number of nitrogens with one attached hydrogen (secondary N) is 1. The van der Waals surface area contributed by atoms with Crippen LogP contribution < -0.4 is 5.43 Å². The molecule has 62 valence electrons. The first-order valence-electron chi connectivity index (χ1n) is 3.49. The molecule has 1 aromatic rings. The smallest absolute Gasteiger partial charge is 0.227 e. The van der Waals surface area contributed by atoms with Crippen molar-refractivity contribution in [2.24, 2.45) is 5.10 Å². The van der Waals surface area contributed by atoms with E-state index in [1.54, 1.807) is 0 Å². The molecule has 1 heterocycles. The SMILES string of the molecule is Cc1cccc(/C=N/NC=O)n1. The van der Waals surface area contributed by atoms with Gasteiger partial charge in [0.25, 0.3) is 0 Å². The van der Waals surface area contributed by atoms with E-state index in [4.69, 9.17) is 0 Å². The van der Waals surface area contributed by atoms with Crippen molar-refractivity contribution in [1.29, 1.82) is 0 Å². The van der Waals surface area contributed by atoms with E-state index in [2.05, 4.69) is 15.5 Å². The van der Waals surface area contributed by atoms with Gasteiger partial charge in [0.1, 0.15) is 0 Å². The van der Waals surface area contributed by atoms with Crippen LogP contribution in [0.3, 0.4) is 0 Å². The second-order valence-corrected chi connectivity index (χ2v) is 2.21. The molecule has 1 rings (SSSR count). The topological polar surface area (TPSA) is 54.4 Å². The number of hydrogen-bond acceptors (Lipinski definition) is 3. The molecule has 0 saturated carbocycles. The van der Waals surface area contributed by atoms with Crippen LogP contribution in [0.2, 0.25) is 0 Å². The maximum absolute atomic E-state index is 9.82. The third kappa shape index (κ3) is 2.49. The van der Waals surface area contributed by atoms with E-state index < -0.39 is 0 Å². The molecule has 0 unspecified atom stereocenters. The highest BCUT2D eigenvalue weighted by molar-refractivity contribution is 5.77. The molecule has 4 nitrogen and oxygen atoms in total. The summed E-state index contributed by atoms with van der Waals surface area (Å²) in [7, 11) is 0. The number of aromatic nitrogens is 1. The third-order valence-electron chi connectivity index (χ3n) is 1.23. The van der Waals surface area contributed by atoms with Gasteiger partial charge in [-0.05, 0) is 19.1 Å². The van der Waals surface area contributed by atoms with Gasteiger partial charge in [-0.15, -0.1) is 0 Å². The third-order valence-corrected chi connectivity index (χ3v) is 1.23. The molecule has 0 aliphatic rings. The zero-order valence-corrected chi connectivity index (χ0v) is 6.69. The molecule has 0 aromatic carbocycles. The van der Waals surface area contributed by atoms with Gasteiger partial charge in [0.05, 0.1) is 11.9 Å². The largest absolute Gasteiger partial charge is 0.277 e. The summed E-state index contributed by atoms with van der Waals surface area (Å²) in [6, 6.07) is 5.58. The molecule has 1 amide bonds. The lowest BCUT2D eigenvalue weighted by molar-refractivity contribution is -0.109. The number of aryl methyl sites for hydroxylation is 1. The fourth-order valence-corrected chi connectivity index (χ4v) is 0.770. The highest BCUT2D eigenvalue weighted by atomic mass is 16.1. The Morgan fingerprint density at radius 2 is 2.42 bits per heavy atom. The number of hydrogen-bond donors (Lipinski definition) is 1. The summed E-state index contributed by atoms with van der Waals surface area (Å²) in [5, 5.41) is 3.60. The summed E-state index contributed by atoms with van der Waals surface area (Å²) in [5.74, 6) is 0. The molecule has 0 bridgehead atoms. The summed E-state index contributed by atoms with van der Waals surface area (Å²) in [6.07, 6.45) is 1.99. The molecule has 0 atom stereocenters. The summed E-state index contributed by atoms with van der Waals surface area (Å²) >= 11 is 0. The molecule has 0 aliphatic heterocycles. The van der Waals surface area contributed by atoms with Crippen molar-refractivity contribution in [3.63, 3.8) is 0 Å². The Morgan fingerprint density at radius 3 is 3.08 bits per heavy atom. The Bertz CT molecular complexity index is 296.